The lowest BCUT2D eigenvalue weighted by Gasteiger charge is -2.42. The second-order valence-corrected chi connectivity index (χ2v) is 9.20. The molecule has 0 radical (unpaired) electrons. The van der Waals surface area contributed by atoms with Gasteiger partial charge in [0.25, 0.3) is 5.56 Å². The molecule has 3 aromatic rings. The van der Waals surface area contributed by atoms with Crippen LogP contribution in [0.5, 0.6) is 0 Å². The Bertz CT molecular complexity index is 1130. The number of anilines is 3. The molecule has 158 valence electrons. The molecule has 0 aliphatic heterocycles. The van der Waals surface area contributed by atoms with Gasteiger partial charge in [-0.2, -0.15) is 9.97 Å². The normalized spacial score (nSPS) is 23.3. The number of hydrogen-bond donors (Lipinski definition) is 3. The minimum absolute atomic E-state index is 0.200. The van der Waals surface area contributed by atoms with Crippen LogP contribution >= 0.6 is 11.6 Å². The molecule has 0 aromatic carbocycles. The summed E-state index contributed by atoms with van der Waals surface area (Å²) in [6.07, 6.45) is 9.63. The van der Waals surface area contributed by atoms with Gasteiger partial charge in [-0.05, 0) is 51.0 Å². The lowest BCUT2D eigenvalue weighted by Crippen LogP contribution is -2.40. The van der Waals surface area contributed by atoms with Crippen LogP contribution in [0.3, 0.4) is 0 Å². The van der Waals surface area contributed by atoms with E-state index in [9.17, 15) is 4.79 Å². The third-order valence-corrected chi connectivity index (χ3v) is 6.68. The fraction of sp³-hybridized carbons (Fsp3) is 0.524. The van der Waals surface area contributed by atoms with E-state index >= 15 is 0 Å². The van der Waals surface area contributed by atoms with Crippen molar-refractivity contribution in [3.63, 3.8) is 0 Å². The van der Waals surface area contributed by atoms with Crippen molar-refractivity contribution in [2.24, 2.45) is 11.8 Å². The van der Waals surface area contributed by atoms with Gasteiger partial charge in [0.15, 0.2) is 17.0 Å². The lowest BCUT2D eigenvalue weighted by atomic mass is 9.68. The van der Waals surface area contributed by atoms with Crippen molar-refractivity contribution in [2.75, 3.05) is 10.6 Å². The van der Waals surface area contributed by atoms with E-state index in [1.54, 1.807) is 12.4 Å². The molecule has 3 saturated carbocycles. The number of nitrogens with zero attached hydrogens (tertiary/aromatic N) is 4. The van der Waals surface area contributed by atoms with Crippen LogP contribution in [0.25, 0.3) is 11.2 Å². The molecular formula is C21H26ClN7O. The van der Waals surface area contributed by atoms with Gasteiger partial charge in [0.2, 0.25) is 5.95 Å². The average molecular weight is 428 g/mol. The van der Waals surface area contributed by atoms with E-state index in [0.29, 0.717) is 40.0 Å². The van der Waals surface area contributed by atoms with E-state index in [-0.39, 0.29) is 11.6 Å². The van der Waals surface area contributed by atoms with Crippen molar-refractivity contribution in [3.8, 4) is 0 Å². The molecule has 3 aromatic heterocycles. The van der Waals surface area contributed by atoms with Crippen LogP contribution in [-0.4, -0.2) is 30.5 Å². The Morgan fingerprint density at radius 2 is 2.03 bits per heavy atom. The van der Waals surface area contributed by atoms with Crippen molar-refractivity contribution < 1.29 is 0 Å². The molecule has 9 heteroatoms. The van der Waals surface area contributed by atoms with Gasteiger partial charge in [-0.1, -0.05) is 24.4 Å². The number of halogens is 1. The Morgan fingerprint density at radius 1 is 1.23 bits per heavy atom. The summed E-state index contributed by atoms with van der Waals surface area (Å²) in [5.74, 6) is 2.55. The molecule has 3 N–H and O–H groups in total. The maximum atomic E-state index is 12.3. The smallest absolute Gasteiger partial charge is 0.271 e. The van der Waals surface area contributed by atoms with Crippen LogP contribution in [0, 0.1) is 11.8 Å². The molecule has 1 atom stereocenters. The summed E-state index contributed by atoms with van der Waals surface area (Å²) in [5, 5.41) is 7.16. The zero-order valence-electron chi connectivity index (χ0n) is 17.2. The number of H-pyrrole nitrogens is 1. The molecule has 8 nitrogen and oxygen atoms in total. The zero-order valence-corrected chi connectivity index (χ0v) is 17.9. The summed E-state index contributed by atoms with van der Waals surface area (Å²) in [4.78, 5) is 28.9. The lowest BCUT2D eigenvalue weighted by molar-refractivity contribution is 0.157. The van der Waals surface area contributed by atoms with E-state index < -0.39 is 0 Å². The summed E-state index contributed by atoms with van der Waals surface area (Å²) in [7, 11) is 0. The van der Waals surface area contributed by atoms with Crippen LogP contribution < -0.4 is 16.2 Å². The Balaban J connectivity index is 1.55. The second kappa shape index (κ2) is 7.58. The summed E-state index contributed by atoms with van der Waals surface area (Å²) >= 11 is 6.07. The third-order valence-electron chi connectivity index (χ3n) is 6.46. The number of fused-ring (bicyclic) bond motifs is 4. The monoisotopic (exact) mass is 427 g/mol. The Hall–Kier alpha value is -2.61. The number of imidazole rings is 1. The highest BCUT2D eigenvalue weighted by Crippen LogP contribution is 2.42. The number of aromatic nitrogens is 5. The number of rotatable bonds is 5. The Kier molecular flexibility index (Phi) is 4.89. The summed E-state index contributed by atoms with van der Waals surface area (Å²) < 4.78 is 2.02. The molecule has 3 heterocycles. The maximum Gasteiger partial charge on any atom is 0.271 e. The zero-order chi connectivity index (χ0) is 20.8. The molecule has 0 saturated heterocycles. The van der Waals surface area contributed by atoms with E-state index in [2.05, 4.69) is 34.4 Å². The number of aromatic amines is 1. The van der Waals surface area contributed by atoms with Crippen molar-refractivity contribution in [2.45, 2.75) is 58.0 Å². The highest BCUT2D eigenvalue weighted by molar-refractivity contribution is 6.30. The molecule has 3 fully saturated rings. The van der Waals surface area contributed by atoms with Crippen LogP contribution in [0.4, 0.5) is 17.5 Å². The highest BCUT2D eigenvalue weighted by atomic mass is 35.5. The van der Waals surface area contributed by atoms with Gasteiger partial charge >= 0.3 is 0 Å². The Labute approximate surface area is 179 Å². The average Bonchev–Trinajstić information content (AvgIpc) is 3.16. The van der Waals surface area contributed by atoms with Gasteiger partial charge in [-0.15, -0.1) is 0 Å². The number of nitrogens with one attached hydrogen (secondary N) is 3. The van der Waals surface area contributed by atoms with Crippen LogP contribution in [0.2, 0.25) is 5.02 Å². The topological polar surface area (TPSA) is 101 Å². The summed E-state index contributed by atoms with van der Waals surface area (Å²) in [5.41, 5.74) is 1.42. The largest absolute Gasteiger partial charge is 0.351 e. The fourth-order valence-electron chi connectivity index (χ4n) is 4.84. The van der Waals surface area contributed by atoms with E-state index in [4.69, 9.17) is 21.6 Å². The molecule has 3 aliphatic carbocycles. The molecule has 3 aliphatic rings. The SMILES string of the molecule is CC(C)n1cnc2c(Nc3cc(Cl)c[nH]c3=O)nc(NC3CC4CCC3CC4)nc21. The summed E-state index contributed by atoms with van der Waals surface area (Å²) in [6.45, 7) is 4.18. The molecule has 1 unspecified atom stereocenters. The highest BCUT2D eigenvalue weighted by Gasteiger charge is 2.36. The molecule has 0 spiro atoms. The number of hydrogen-bond acceptors (Lipinski definition) is 6. The van der Waals surface area contributed by atoms with Crippen LogP contribution in [0.15, 0.2) is 23.4 Å². The van der Waals surface area contributed by atoms with Gasteiger partial charge < -0.3 is 20.2 Å². The minimum Gasteiger partial charge on any atom is -0.351 e. The fourth-order valence-corrected chi connectivity index (χ4v) is 5.01. The van der Waals surface area contributed by atoms with E-state index in [0.717, 1.165) is 11.6 Å². The van der Waals surface area contributed by atoms with Gasteiger partial charge in [0.05, 0.1) is 11.3 Å². The van der Waals surface area contributed by atoms with Crippen LogP contribution in [-0.2, 0) is 0 Å². The molecule has 0 amide bonds. The van der Waals surface area contributed by atoms with Gasteiger partial charge in [-0.3, -0.25) is 4.79 Å². The second-order valence-electron chi connectivity index (χ2n) is 8.77. The first-order valence-corrected chi connectivity index (χ1v) is 11.0. The van der Waals surface area contributed by atoms with Crippen molar-refractivity contribution >= 4 is 40.2 Å². The first-order chi connectivity index (χ1) is 14.5. The quantitative estimate of drug-likeness (QED) is 0.554. The molecule has 30 heavy (non-hydrogen) atoms. The first-order valence-electron chi connectivity index (χ1n) is 10.6. The number of pyridine rings is 1. The van der Waals surface area contributed by atoms with Crippen LogP contribution in [0.1, 0.15) is 52.0 Å². The van der Waals surface area contributed by atoms with E-state index in [1.165, 1.54) is 38.3 Å². The van der Waals surface area contributed by atoms with Crippen molar-refractivity contribution in [3.05, 3.63) is 34.0 Å². The Morgan fingerprint density at radius 3 is 2.73 bits per heavy atom. The van der Waals surface area contributed by atoms with Gasteiger partial charge in [0.1, 0.15) is 5.69 Å². The van der Waals surface area contributed by atoms with Crippen molar-refractivity contribution in [1.29, 1.82) is 0 Å². The minimum atomic E-state index is -0.270. The first kappa shape index (κ1) is 19.4. The molecular weight excluding hydrogens is 402 g/mol. The predicted octanol–water partition coefficient (Wildman–Crippen LogP) is 4.48. The van der Waals surface area contributed by atoms with Gasteiger partial charge in [0, 0.05) is 18.3 Å². The van der Waals surface area contributed by atoms with Gasteiger partial charge in [-0.25, -0.2) is 4.98 Å². The molecule has 2 bridgehead atoms. The maximum absolute atomic E-state index is 12.3. The van der Waals surface area contributed by atoms with E-state index in [1.807, 2.05) is 4.57 Å². The predicted molar refractivity (Wildman–Crippen MR) is 119 cm³/mol. The summed E-state index contributed by atoms with van der Waals surface area (Å²) in [6, 6.07) is 2.18. The van der Waals surface area contributed by atoms with Crippen molar-refractivity contribution in [1.82, 2.24) is 24.5 Å². The third kappa shape index (κ3) is 3.53. The molecule has 6 rings (SSSR count). The standard InChI is InChI=1S/C21H26ClN7O/c1-11(2)29-10-24-17-18(25-16-8-14(22)9-23-20(16)30)27-21(28-19(17)29)26-15-7-12-3-5-13(15)6-4-12/h8-13,15H,3-7H2,1-2H3,(H,23,30)(H2,25,26,27,28).